The molecule has 0 aromatic heterocycles. The summed E-state index contributed by atoms with van der Waals surface area (Å²) in [6.45, 7) is 20.4. The van der Waals surface area contributed by atoms with E-state index in [4.69, 9.17) is 4.43 Å². The van der Waals surface area contributed by atoms with Crippen LogP contribution < -0.4 is 0 Å². The molecule has 1 unspecified atom stereocenters. The van der Waals surface area contributed by atoms with Crippen LogP contribution in [-0.4, -0.2) is 28.1 Å². The Bertz CT molecular complexity index is 420. The van der Waals surface area contributed by atoms with E-state index >= 15 is 0 Å². The minimum absolute atomic E-state index is 0.149. The van der Waals surface area contributed by atoms with Crippen molar-refractivity contribution in [2.45, 2.75) is 148 Å². The summed E-state index contributed by atoms with van der Waals surface area (Å²) in [6, 6.07) is 2.81. The molecule has 1 aliphatic rings. The van der Waals surface area contributed by atoms with E-state index in [1.807, 2.05) is 0 Å². The third-order valence-corrected chi connectivity index (χ3v) is 48.5. The van der Waals surface area contributed by atoms with Crippen LogP contribution in [0.15, 0.2) is 0 Å². The molecule has 1 heterocycles. The summed E-state index contributed by atoms with van der Waals surface area (Å²) in [5, 5.41) is 0. The van der Waals surface area contributed by atoms with E-state index in [9.17, 15) is 0 Å². The Morgan fingerprint density at radius 3 is 1.52 bits per heavy atom. The Morgan fingerprint density at radius 1 is 0.667 bits per heavy atom. The zero-order valence-corrected chi connectivity index (χ0v) is 23.3. The second kappa shape index (κ2) is 11.1. The SMILES string of the molecule is CCCCCCCCCCCCCC[Si]1(C)OC(C)(C)C[Si](C)(C)[Si]1(C)C. The fraction of sp³-hybridized carbons (Fsp3) is 1.00. The van der Waals surface area contributed by atoms with Gasteiger partial charge in [0.05, 0.1) is 7.11 Å². The van der Waals surface area contributed by atoms with Crippen LogP contribution in [0.1, 0.15) is 97.8 Å². The van der Waals surface area contributed by atoms with Crippen molar-refractivity contribution in [3.8, 4) is 0 Å². The predicted molar refractivity (Wildman–Crippen MR) is 132 cm³/mol. The number of hydrogen-bond acceptors (Lipinski definition) is 1. The Labute approximate surface area is 175 Å². The summed E-state index contributed by atoms with van der Waals surface area (Å²) in [6.07, 6.45) is 17.4. The number of hydrogen-bond donors (Lipinski definition) is 0. The molecular weight excluding hydrogens is 377 g/mol. The van der Waals surface area contributed by atoms with Crippen molar-refractivity contribution >= 4 is 22.5 Å². The van der Waals surface area contributed by atoms with Crippen molar-refractivity contribution in [1.29, 1.82) is 0 Å². The number of rotatable bonds is 13. The summed E-state index contributed by atoms with van der Waals surface area (Å²) in [7, 11) is -3.85. The van der Waals surface area contributed by atoms with Gasteiger partial charge in [0.25, 0.3) is 0 Å². The first kappa shape index (κ1) is 25.6. The van der Waals surface area contributed by atoms with Gasteiger partial charge >= 0.3 is 0 Å². The van der Waals surface area contributed by atoms with E-state index in [0.717, 1.165) is 0 Å². The lowest BCUT2D eigenvalue weighted by atomic mass is 10.1. The highest BCUT2D eigenvalue weighted by Gasteiger charge is 2.61. The second-order valence-corrected chi connectivity index (χ2v) is 38.2. The molecule has 0 N–H and O–H groups in total. The molecule has 0 amide bonds. The van der Waals surface area contributed by atoms with Crippen molar-refractivity contribution < 1.29 is 4.43 Å². The first-order chi connectivity index (χ1) is 12.5. The average Bonchev–Trinajstić information content (AvgIpc) is 2.53. The minimum atomic E-state index is -1.53. The Balaban J connectivity index is 2.23. The molecule has 1 saturated heterocycles. The topological polar surface area (TPSA) is 9.23 Å². The van der Waals surface area contributed by atoms with Gasteiger partial charge in [-0.25, -0.2) is 0 Å². The molecule has 0 radical (unpaired) electrons. The van der Waals surface area contributed by atoms with Gasteiger partial charge in [-0.1, -0.05) is 110 Å². The highest BCUT2D eigenvalue weighted by molar-refractivity contribution is 7.67. The molecule has 0 bridgehead atoms. The molecule has 0 spiro atoms. The van der Waals surface area contributed by atoms with Gasteiger partial charge in [-0.3, -0.25) is 0 Å². The molecule has 1 aliphatic heterocycles. The zero-order chi connectivity index (χ0) is 20.6. The van der Waals surface area contributed by atoms with E-state index in [1.54, 1.807) is 0 Å². The number of unbranched alkanes of at least 4 members (excludes halogenated alkanes) is 11. The smallest absolute Gasteiger partial charge is 0.174 e. The van der Waals surface area contributed by atoms with Crippen LogP contribution in [0.2, 0.25) is 44.8 Å². The highest BCUT2D eigenvalue weighted by Crippen LogP contribution is 2.45. The molecular formula is C23H52OSi3. The molecule has 27 heavy (non-hydrogen) atoms. The monoisotopic (exact) mass is 428 g/mol. The lowest BCUT2D eigenvalue weighted by molar-refractivity contribution is 0.120. The molecule has 0 saturated carbocycles. The van der Waals surface area contributed by atoms with E-state index in [1.165, 1.54) is 89.1 Å². The average molecular weight is 429 g/mol. The molecule has 162 valence electrons. The standard InChI is InChI=1S/C23H52OSi3/c1-9-10-11-12-13-14-15-16-17-18-19-20-21-27(8)24-23(2,3)22-25(4,5)26(27,6)7/h9-22H2,1-8H3. The fourth-order valence-electron chi connectivity index (χ4n) is 5.44. The largest absolute Gasteiger partial charge is 0.415 e. The van der Waals surface area contributed by atoms with E-state index in [0.29, 0.717) is 0 Å². The lowest BCUT2D eigenvalue weighted by Crippen LogP contribution is -2.78. The van der Waals surface area contributed by atoms with Crippen LogP contribution in [0.3, 0.4) is 0 Å². The van der Waals surface area contributed by atoms with Crippen molar-refractivity contribution in [2.75, 3.05) is 0 Å². The summed E-state index contributed by atoms with van der Waals surface area (Å²) in [5.41, 5.74) is 0.149. The summed E-state index contributed by atoms with van der Waals surface area (Å²) < 4.78 is 6.95. The molecule has 0 aromatic carbocycles. The summed E-state index contributed by atoms with van der Waals surface area (Å²) in [5.74, 6) is 0. The van der Waals surface area contributed by atoms with Crippen molar-refractivity contribution in [3.05, 3.63) is 0 Å². The Kier molecular flexibility index (Phi) is 10.6. The van der Waals surface area contributed by atoms with Gasteiger partial charge in [0, 0.05) is 13.2 Å². The molecule has 4 heteroatoms. The normalized spacial score (nSPS) is 26.2. The van der Waals surface area contributed by atoms with Crippen LogP contribution >= 0.6 is 0 Å². The van der Waals surface area contributed by atoms with Gasteiger partial charge in [0.1, 0.15) is 0 Å². The third kappa shape index (κ3) is 7.75. The summed E-state index contributed by atoms with van der Waals surface area (Å²) in [4.78, 5) is 0. The van der Waals surface area contributed by atoms with Gasteiger partial charge in [-0.15, -0.1) is 0 Å². The molecule has 1 atom stereocenters. The molecule has 1 rings (SSSR count). The van der Waals surface area contributed by atoms with E-state index in [-0.39, 0.29) is 5.60 Å². The van der Waals surface area contributed by atoms with E-state index in [2.05, 4.69) is 53.5 Å². The van der Waals surface area contributed by atoms with Crippen molar-refractivity contribution in [3.63, 3.8) is 0 Å². The van der Waals surface area contributed by atoms with Gasteiger partial charge in [0.15, 0.2) is 7.83 Å². The maximum absolute atomic E-state index is 6.95. The Morgan fingerprint density at radius 2 is 1.07 bits per heavy atom. The third-order valence-electron chi connectivity index (χ3n) is 7.89. The first-order valence-corrected chi connectivity index (χ1v) is 23.0. The maximum atomic E-state index is 6.95. The van der Waals surface area contributed by atoms with Gasteiger partial charge < -0.3 is 4.43 Å². The van der Waals surface area contributed by atoms with Crippen molar-refractivity contribution in [1.82, 2.24) is 0 Å². The minimum Gasteiger partial charge on any atom is -0.415 e. The Hall–Kier alpha value is 0.611. The van der Waals surface area contributed by atoms with Crippen LogP contribution in [-0.2, 0) is 4.43 Å². The van der Waals surface area contributed by atoms with E-state index < -0.39 is 22.5 Å². The fourth-order valence-corrected chi connectivity index (χ4v) is 39.0. The molecule has 1 fully saturated rings. The molecule has 1 nitrogen and oxygen atoms in total. The van der Waals surface area contributed by atoms with Crippen LogP contribution in [0, 0.1) is 0 Å². The van der Waals surface area contributed by atoms with Crippen molar-refractivity contribution in [2.24, 2.45) is 0 Å². The predicted octanol–water partition coefficient (Wildman–Crippen LogP) is 8.65. The van der Waals surface area contributed by atoms with Crippen LogP contribution in [0.4, 0.5) is 0 Å². The first-order valence-electron chi connectivity index (χ1n) is 12.2. The molecule has 0 aliphatic carbocycles. The quantitative estimate of drug-likeness (QED) is 0.210. The maximum Gasteiger partial charge on any atom is 0.174 e. The van der Waals surface area contributed by atoms with Gasteiger partial charge in [-0.05, 0) is 32.5 Å². The van der Waals surface area contributed by atoms with Crippen LogP contribution in [0.5, 0.6) is 0 Å². The zero-order valence-electron chi connectivity index (χ0n) is 20.3. The lowest BCUT2D eigenvalue weighted by Gasteiger charge is -2.59. The highest BCUT2D eigenvalue weighted by atomic mass is 29.6. The summed E-state index contributed by atoms with van der Waals surface area (Å²) >= 11 is 0. The van der Waals surface area contributed by atoms with Gasteiger partial charge in [-0.2, -0.15) is 0 Å². The molecule has 0 aromatic rings. The van der Waals surface area contributed by atoms with Gasteiger partial charge in [0.2, 0.25) is 0 Å². The second-order valence-electron chi connectivity index (χ2n) is 11.4. The van der Waals surface area contributed by atoms with Crippen LogP contribution in [0.25, 0.3) is 0 Å².